The summed E-state index contributed by atoms with van der Waals surface area (Å²) in [6.45, 7) is 1.93. The highest BCUT2D eigenvalue weighted by Gasteiger charge is 2.14. The molecule has 7 heteroatoms. The Labute approximate surface area is 109 Å². The van der Waals surface area contributed by atoms with E-state index in [0.717, 1.165) is 0 Å². The zero-order valence-corrected chi connectivity index (χ0v) is 10.8. The van der Waals surface area contributed by atoms with E-state index in [4.69, 9.17) is 26.8 Å². The fourth-order valence-corrected chi connectivity index (χ4v) is 1.63. The van der Waals surface area contributed by atoms with Gasteiger partial charge in [-0.2, -0.15) is 4.98 Å². The highest BCUT2D eigenvalue weighted by molar-refractivity contribution is 6.29. The lowest BCUT2D eigenvalue weighted by atomic mass is 10.3. The predicted molar refractivity (Wildman–Crippen MR) is 68.5 cm³/mol. The Morgan fingerprint density at radius 3 is 2.78 bits per heavy atom. The number of nitrogens with zero attached hydrogens (tertiary/aromatic N) is 3. The fourth-order valence-electron chi connectivity index (χ4n) is 1.49. The van der Waals surface area contributed by atoms with Gasteiger partial charge < -0.3 is 15.2 Å². The smallest absolute Gasteiger partial charge is 0.247 e. The molecule has 0 unspecified atom stereocenters. The van der Waals surface area contributed by atoms with Gasteiger partial charge in [-0.25, -0.2) is 9.97 Å². The minimum Gasteiger partial charge on any atom is -0.446 e. The second-order valence-electron chi connectivity index (χ2n) is 3.58. The summed E-state index contributed by atoms with van der Waals surface area (Å²) in [4.78, 5) is 12.2. The number of anilines is 1. The Hall–Kier alpha value is -1.66. The second-order valence-corrected chi connectivity index (χ2v) is 3.97. The second kappa shape index (κ2) is 5.32. The van der Waals surface area contributed by atoms with Crippen molar-refractivity contribution in [1.29, 1.82) is 0 Å². The van der Waals surface area contributed by atoms with Crippen LogP contribution in [0.2, 0.25) is 5.15 Å². The summed E-state index contributed by atoms with van der Waals surface area (Å²) >= 11 is 5.85. The molecule has 0 fully saturated rings. The lowest BCUT2D eigenvalue weighted by Gasteiger charge is -2.15. The number of nitrogens with two attached hydrogens (primary N) is 1. The number of hydrogen-bond acceptors (Lipinski definition) is 6. The van der Waals surface area contributed by atoms with E-state index in [1.54, 1.807) is 19.2 Å². The summed E-state index contributed by atoms with van der Waals surface area (Å²) < 4.78 is 10.7. The van der Waals surface area contributed by atoms with Gasteiger partial charge in [0.05, 0.1) is 5.52 Å². The average molecular weight is 269 g/mol. The highest BCUT2D eigenvalue weighted by atomic mass is 35.5. The largest absolute Gasteiger partial charge is 0.446 e. The standard InChI is InChI=1S/C11H13ClN4O2/c1-3-8(17-2)18-10-9-6(14-11(13)16-10)4-5-7(12)15-9/h4-5,8H,3H2,1-2H3,(H2,13,14,16)/t8-/m0/s1. The number of aromatic nitrogens is 3. The van der Waals surface area contributed by atoms with E-state index in [2.05, 4.69) is 15.0 Å². The molecule has 0 aliphatic rings. The lowest BCUT2D eigenvalue weighted by Crippen LogP contribution is -2.18. The van der Waals surface area contributed by atoms with Crippen molar-refractivity contribution >= 4 is 28.6 Å². The molecule has 0 radical (unpaired) electrons. The number of pyridine rings is 1. The van der Waals surface area contributed by atoms with Gasteiger partial charge in [-0.3, -0.25) is 0 Å². The molecule has 0 aromatic carbocycles. The molecule has 2 heterocycles. The van der Waals surface area contributed by atoms with E-state index >= 15 is 0 Å². The zero-order chi connectivity index (χ0) is 13.1. The monoisotopic (exact) mass is 268 g/mol. The van der Waals surface area contributed by atoms with Crippen molar-refractivity contribution < 1.29 is 9.47 Å². The number of hydrogen-bond donors (Lipinski definition) is 1. The van der Waals surface area contributed by atoms with Gasteiger partial charge in [-0.15, -0.1) is 0 Å². The van der Waals surface area contributed by atoms with E-state index in [9.17, 15) is 0 Å². The number of ether oxygens (including phenoxy) is 2. The first-order valence-corrected chi connectivity index (χ1v) is 5.81. The molecule has 0 saturated carbocycles. The normalized spacial score (nSPS) is 12.6. The molecule has 2 aromatic rings. The third kappa shape index (κ3) is 2.60. The molecule has 2 N–H and O–H groups in total. The van der Waals surface area contributed by atoms with Crippen LogP contribution >= 0.6 is 11.6 Å². The van der Waals surface area contributed by atoms with E-state index < -0.39 is 6.29 Å². The van der Waals surface area contributed by atoms with Gasteiger partial charge in [-0.05, 0) is 12.1 Å². The van der Waals surface area contributed by atoms with Crippen LogP contribution < -0.4 is 10.5 Å². The summed E-state index contributed by atoms with van der Waals surface area (Å²) in [7, 11) is 1.56. The fraction of sp³-hybridized carbons (Fsp3) is 0.364. The Morgan fingerprint density at radius 2 is 2.11 bits per heavy atom. The topological polar surface area (TPSA) is 83.2 Å². The summed E-state index contributed by atoms with van der Waals surface area (Å²) in [5, 5.41) is 0.339. The van der Waals surface area contributed by atoms with Crippen LogP contribution in [0.1, 0.15) is 13.3 Å². The maximum Gasteiger partial charge on any atom is 0.247 e. The Bertz CT molecular complexity index is 560. The van der Waals surface area contributed by atoms with Crippen LogP contribution in [0, 0.1) is 0 Å². The summed E-state index contributed by atoms with van der Waals surface area (Å²) in [6, 6.07) is 3.34. The van der Waals surface area contributed by atoms with Gasteiger partial charge in [0.2, 0.25) is 18.1 Å². The third-order valence-corrected chi connectivity index (χ3v) is 2.54. The number of halogens is 1. The van der Waals surface area contributed by atoms with Gasteiger partial charge >= 0.3 is 0 Å². The molecule has 0 aliphatic heterocycles. The molecule has 6 nitrogen and oxygen atoms in total. The van der Waals surface area contributed by atoms with E-state index in [-0.39, 0.29) is 11.8 Å². The maximum atomic E-state index is 5.85. The van der Waals surface area contributed by atoms with Gasteiger partial charge in [0.25, 0.3) is 0 Å². The van der Waals surface area contributed by atoms with Gasteiger partial charge in [0.15, 0.2) is 5.52 Å². The summed E-state index contributed by atoms with van der Waals surface area (Å²) in [6.07, 6.45) is 0.255. The molecule has 0 amide bonds. The van der Waals surface area contributed by atoms with Gasteiger partial charge in [0.1, 0.15) is 5.15 Å². The molecule has 96 valence electrons. The Morgan fingerprint density at radius 1 is 1.33 bits per heavy atom. The average Bonchev–Trinajstić information content (AvgIpc) is 2.36. The Kier molecular flexibility index (Phi) is 3.78. The van der Waals surface area contributed by atoms with Crippen LogP contribution in [0.3, 0.4) is 0 Å². The van der Waals surface area contributed by atoms with Crippen molar-refractivity contribution in [3.8, 4) is 5.88 Å². The van der Waals surface area contributed by atoms with Crippen molar-refractivity contribution in [2.45, 2.75) is 19.6 Å². The molecule has 0 saturated heterocycles. The molecule has 18 heavy (non-hydrogen) atoms. The quantitative estimate of drug-likeness (QED) is 0.675. The first-order chi connectivity index (χ1) is 8.63. The third-order valence-electron chi connectivity index (χ3n) is 2.33. The van der Waals surface area contributed by atoms with Crippen LogP contribution in [0.25, 0.3) is 11.0 Å². The molecule has 0 bridgehead atoms. The van der Waals surface area contributed by atoms with Crippen molar-refractivity contribution in [2.75, 3.05) is 12.8 Å². The van der Waals surface area contributed by atoms with Crippen molar-refractivity contribution in [3.63, 3.8) is 0 Å². The molecule has 0 spiro atoms. The Balaban J connectivity index is 2.50. The summed E-state index contributed by atoms with van der Waals surface area (Å²) in [5.74, 6) is 0.390. The highest BCUT2D eigenvalue weighted by Crippen LogP contribution is 2.24. The number of nitrogen functional groups attached to an aromatic ring is 1. The zero-order valence-electron chi connectivity index (χ0n) is 10.1. The number of methoxy groups -OCH3 is 1. The molecular weight excluding hydrogens is 256 g/mol. The van der Waals surface area contributed by atoms with Crippen molar-refractivity contribution in [1.82, 2.24) is 15.0 Å². The molecule has 2 rings (SSSR count). The van der Waals surface area contributed by atoms with Crippen molar-refractivity contribution in [3.05, 3.63) is 17.3 Å². The first-order valence-electron chi connectivity index (χ1n) is 5.43. The SMILES string of the molecule is CC[C@@H](OC)Oc1nc(N)nc2ccc(Cl)nc12. The van der Waals surface area contributed by atoms with Crippen LogP contribution in [0.4, 0.5) is 5.95 Å². The minimum absolute atomic E-state index is 0.118. The molecule has 1 atom stereocenters. The number of rotatable bonds is 4. The first kappa shape index (κ1) is 12.8. The van der Waals surface area contributed by atoms with Crippen LogP contribution in [0.15, 0.2) is 12.1 Å². The van der Waals surface area contributed by atoms with Crippen LogP contribution in [-0.2, 0) is 4.74 Å². The van der Waals surface area contributed by atoms with Gasteiger partial charge in [-0.1, -0.05) is 18.5 Å². The van der Waals surface area contributed by atoms with E-state index in [1.165, 1.54) is 0 Å². The molecule has 0 aliphatic carbocycles. The molecule has 2 aromatic heterocycles. The minimum atomic E-state index is -0.414. The van der Waals surface area contributed by atoms with Crippen LogP contribution in [-0.4, -0.2) is 28.4 Å². The van der Waals surface area contributed by atoms with E-state index in [1.807, 2.05) is 6.92 Å². The predicted octanol–water partition coefficient (Wildman–Crippen LogP) is 2.02. The van der Waals surface area contributed by atoms with Gasteiger partial charge in [0, 0.05) is 13.5 Å². The maximum absolute atomic E-state index is 5.85. The van der Waals surface area contributed by atoms with E-state index in [0.29, 0.717) is 22.6 Å². The number of fused-ring (bicyclic) bond motifs is 1. The van der Waals surface area contributed by atoms with Crippen molar-refractivity contribution in [2.24, 2.45) is 0 Å². The lowest BCUT2D eigenvalue weighted by molar-refractivity contribution is -0.0564. The summed E-state index contributed by atoms with van der Waals surface area (Å²) in [5.41, 5.74) is 6.66. The molecular formula is C11H13ClN4O2. The van der Waals surface area contributed by atoms with Crippen LogP contribution in [0.5, 0.6) is 5.88 Å².